The molecule has 1 unspecified atom stereocenters. The average Bonchev–Trinajstić information content (AvgIpc) is 2.81. The van der Waals surface area contributed by atoms with Crippen molar-refractivity contribution >= 4 is 0 Å². The fraction of sp³-hybridized carbons (Fsp3) is 0.846. The van der Waals surface area contributed by atoms with Crippen molar-refractivity contribution in [3.8, 4) is 0 Å². The van der Waals surface area contributed by atoms with Crippen LogP contribution in [0.5, 0.6) is 0 Å². The van der Waals surface area contributed by atoms with Crippen molar-refractivity contribution in [1.82, 2.24) is 20.1 Å². The molecule has 0 spiro atoms. The Labute approximate surface area is 110 Å². The van der Waals surface area contributed by atoms with Gasteiger partial charge in [-0.1, -0.05) is 20.8 Å². The molecule has 0 fully saturated rings. The zero-order valence-corrected chi connectivity index (χ0v) is 12.1. The lowest BCUT2D eigenvalue weighted by Gasteiger charge is -2.18. The van der Waals surface area contributed by atoms with Crippen LogP contribution in [-0.4, -0.2) is 41.6 Å². The molecule has 5 nitrogen and oxygen atoms in total. The first-order valence-electron chi connectivity index (χ1n) is 6.90. The number of rotatable bonds is 9. The second-order valence-electron chi connectivity index (χ2n) is 4.41. The summed E-state index contributed by atoms with van der Waals surface area (Å²) in [5, 5.41) is 8.01. The van der Waals surface area contributed by atoms with E-state index < -0.39 is 0 Å². The van der Waals surface area contributed by atoms with Gasteiger partial charge in [0, 0.05) is 26.5 Å². The van der Waals surface area contributed by atoms with Gasteiger partial charge < -0.3 is 10.1 Å². The molecule has 0 saturated heterocycles. The van der Waals surface area contributed by atoms with Gasteiger partial charge in [0.1, 0.15) is 5.82 Å². The summed E-state index contributed by atoms with van der Waals surface area (Å²) in [7, 11) is 1.73. The lowest BCUT2D eigenvalue weighted by molar-refractivity contribution is 0.146. The monoisotopic (exact) mass is 254 g/mol. The number of hydrogen-bond donors (Lipinski definition) is 1. The smallest absolute Gasteiger partial charge is 0.150 e. The van der Waals surface area contributed by atoms with E-state index in [2.05, 4.69) is 36.2 Å². The van der Waals surface area contributed by atoms with Gasteiger partial charge in [0.05, 0.1) is 12.6 Å². The number of nitrogens with zero attached hydrogens (tertiary/aromatic N) is 3. The summed E-state index contributed by atoms with van der Waals surface area (Å²) in [5.74, 6) is 1.97. The quantitative estimate of drug-likeness (QED) is 0.680. The molecule has 1 rings (SSSR count). The molecule has 0 bridgehead atoms. The Kier molecular flexibility index (Phi) is 6.90. The molecule has 0 aliphatic carbocycles. The minimum atomic E-state index is 0.226. The first-order valence-corrected chi connectivity index (χ1v) is 6.90. The van der Waals surface area contributed by atoms with Gasteiger partial charge in [0.25, 0.3) is 0 Å². The van der Waals surface area contributed by atoms with Crippen LogP contribution >= 0.6 is 0 Å². The Morgan fingerprint density at radius 1 is 1.28 bits per heavy atom. The van der Waals surface area contributed by atoms with Gasteiger partial charge in [-0.25, -0.2) is 9.67 Å². The lowest BCUT2D eigenvalue weighted by atomic mass is 10.3. The Morgan fingerprint density at radius 3 is 2.61 bits per heavy atom. The number of ether oxygens (including phenoxy) is 1. The number of hydrogen-bond acceptors (Lipinski definition) is 4. The Balaban J connectivity index is 2.78. The zero-order chi connectivity index (χ0) is 13.4. The molecule has 1 N–H and O–H groups in total. The van der Waals surface area contributed by atoms with Crippen molar-refractivity contribution in [2.75, 3.05) is 26.8 Å². The maximum atomic E-state index is 5.30. The zero-order valence-electron chi connectivity index (χ0n) is 12.1. The summed E-state index contributed by atoms with van der Waals surface area (Å²) >= 11 is 0. The molecule has 0 aliphatic rings. The first kappa shape index (κ1) is 15.1. The summed E-state index contributed by atoms with van der Waals surface area (Å²) in [4.78, 5) is 4.55. The van der Waals surface area contributed by atoms with Gasteiger partial charge in [0.2, 0.25) is 0 Å². The van der Waals surface area contributed by atoms with Crippen molar-refractivity contribution in [3.63, 3.8) is 0 Å². The van der Waals surface area contributed by atoms with Crippen LogP contribution in [0.4, 0.5) is 0 Å². The molecule has 1 aromatic rings. The highest BCUT2D eigenvalue weighted by molar-refractivity contribution is 4.95. The van der Waals surface area contributed by atoms with Gasteiger partial charge in [0.15, 0.2) is 5.82 Å². The predicted molar refractivity (Wildman–Crippen MR) is 72.9 cm³/mol. The van der Waals surface area contributed by atoms with Crippen molar-refractivity contribution < 1.29 is 4.74 Å². The van der Waals surface area contributed by atoms with Crippen LogP contribution in [0.2, 0.25) is 0 Å². The number of nitrogens with one attached hydrogen (secondary N) is 1. The lowest BCUT2D eigenvalue weighted by Crippen LogP contribution is -2.30. The molecule has 0 amide bonds. The Bertz CT molecular complexity index is 338. The molecule has 104 valence electrons. The molecule has 1 aromatic heterocycles. The van der Waals surface area contributed by atoms with E-state index in [-0.39, 0.29) is 6.04 Å². The summed E-state index contributed by atoms with van der Waals surface area (Å²) in [6.07, 6.45) is 2.92. The molecule has 5 heteroatoms. The largest absolute Gasteiger partial charge is 0.382 e. The Morgan fingerprint density at radius 2 is 2.06 bits per heavy atom. The molecule has 0 saturated carbocycles. The third-order valence-corrected chi connectivity index (χ3v) is 2.89. The van der Waals surface area contributed by atoms with Crippen LogP contribution in [0.1, 0.15) is 44.9 Å². The standard InChI is InChI=1S/C13H26N4O/c1-5-8-14-9-11(10-18-4)17-13(7-3)15-12(6-2)16-17/h11,14H,5-10H2,1-4H3. The maximum Gasteiger partial charge on any atom is 0.150 e. The second-order valence-corrected chi connectivity index (χ2v) is 4.41. The Hall–Kier alpha value is -0.940. The molecule has 0 radical (unpaired) electrons. The first-order chi connectivity index (χ1) is 8.76. The summed E-state index contributed by atoms with van der Waals surface area (Å²) in [6.45, 7) is 8.93. The highest BCUT2D eigenvalue weighted by atomic mass is 16.5. The van der Waals surface area contributed by atoms with Crippen LogP contribution in [0.3, 0.4) is 0 Å². The number of methoxy groups -OCH3 is 1. The molecule has 0 aliphatic heterocycles. The molecular formula is C13H26N4O. The molecule has 0 aromatic carbocycles. The van der Waals surface area contributed by atoms with E-state index in [4.69, 9.17) is 4.74 Å². The topological polar surface area (TPSA) is 52.0 Å². The highest BCUT2D eigenvalue weighted by Crippen LogP contribution is 2.10. The van der Waals surface area contributed by atoms with Crippen LogP contribution in [-0.2, 0) is 17.6 Å². The third-order valence-electron chi connectivity index (χ3n) is 2.89. The van der Waals surface area contributed by atoms with Crippen LogP contribution in [0.15, 0.2) is 0 Å². The summed E-state index contributed by atoms with van der Waals surface area (Å²) in [5.41, 5.74) is 0. The van der Waals surface area contributed by atoms with E-state index in [9.17, 15) is 0 Å². The van der Waals surface area contributed by atoms with Crippen LogP contribution < -0.4 is 5.32 Å². The van der Waals surface area contributed by atoms with Crippen molar-refractivity contribution in [1.29, 1.82) is 0 Å². The van der Waals surface area contributed by atoms with E-state index in [1.54, 1.807) is 7.11 Å². The molecule has 1 atom stereocenters. The SMILES string of the molecule is CCCNCC(COC)n1nc(CC)nc1CC. The molecule has 18 heavy (non-hydrogen) atoms. The van der Waals surface area contributed by atoms with E-state index in [1.807, 2.05) is 4.68 Å². The molecule has 1 heterocycles. The minimum Gasteiger partial charge on any atom is -0.382 e. The van der Waals surface area contributed by atoms with Gasteiger partial charge in [-0.2, -0.15) is 5.10 Å². The highest BCUT2D eigenvalue weighted by Gasteiger charge is 2.16. The minimum absolute atomic E-state index is 0.226. The van der Waals surface area contributed by atoms with Crippen LogP contribution in [0, 0.1) is 0 Å². The number of aromatic nitrogens is 3. The van der Waals surface area contributed by atoms with E-state index in [0.29, 0.717) is 6.61 Å². The molecular weight excluding hydrogens is 228 g/mol. The van der Waals surface area contributed by atoms with Gasteiger partial charge in [-0.15, -0.1) is 0 Å². The van der Waals surface area contributed by atoms with Crippen molar-refractivity contribution in [3.05, 3.63) is 11.6 Å². The van der Waals surface area contributed by atoms with E-state index in [0.717, 1.165) is 44.0 Å². The normalized spacial score (nSPS) is 12.9. The van der Waals surface area contributed by atoms with E-state index >= 15 is 0 Å². The number of aryl methyl sites for hydroxylation is 2. The fourth-order valence-electron chi connectivity index (χ4n) is 1.94. The van der Waals surface area contributed by atoms with Crippen molar-refractivity contribution in [2.24, 2.45) is 0 Å². The van der Waals surface area contributed by atoms with Gasteiger partial charge >= 0.3 is 0 Å². The summed E-state index contributed by atoms with van der Waals surface area (Å²) in [6, 6.07) is 0.226. The van der Waals surface area contributed by atoms with Crippen LogP contribution in [0.25, 0.3) is 0 Å². The third kappa shape index (κ3) is 4.07. The average molecular weight is 254 g/mol. The van der Waals surface area contributed by atoms with Crippen molar-refractivity contribution in [2.45, 2.75) is 46.1 Å². The van der Waals surface area contributed by atoms with Gasteiger partial charge in [-0.05, 0) is 13.0 Å². The predicted octanol–water partition coefficient (Wildman–Crippen LogP) is 1.59. The fourth-order valence-corrected chi connectivity index (χ4v) is 1.94. The second kappa shape index (κ2) is 8.21. The summed E-state index contributed by atoms with van der Waals surface area (Å²) < 4.78 is 7.34. The van der Waals surface area contributed by atoms with E-state index in [1.165, 1.54) is 0 Å². The maximum absolute atomic E-state index is 5.30. The van der Waals surface area contributed by atoms with Gasteiger partial charge in [-0.3, -0.25) is 0 Å².